The first-order valence-corrected chi connectivity index (χ1v) is 11.0. The van der Waals surface area contributed by atoms with Crippen molar-refractivity contribution >= 4 is 10.9 Å². The van der Waals surface area contributed by atoms with Gasteiger partial charge in [0.1, 0.15) is 30.0 Å². The third kappa shape index (κ3) is 4.61. The van der Waals surface area contributed by atoms with E-state index in [1.165, 1.54) is 0 Å². The van der Waals surface area contributed by atoms with Crippen molar-refractivity contribution in [2.45, 2.75) is 19.6 Å². The highest BCUT2D eigenvalue weighted by molar-refractivity contribution is 5.86. The van der Waals surface area contributed by atoms with E-state index < -0.39 is 6.10 Å². The van der Waals surface area contributed by atoms with Gasteiger partial charge in [0.15, 0.2) is 0 Å². The molecule has 1 heterocycles. The molecule has 4 heteroatoms. The average molecular weight is 436 g/mol. The van der Waals surface area contributed by atoms with Crippen molar-refractivity contribution in [2.75, 3.05) is 0 Å². The van der Waals surface area contributed by atoms with Gasteiger partial charge in [-0.3, -0.25) is 0 Å². The topological polar surface area (TPSA) is 54.5 Å². The summed E-state index contributed by atoms with van der Waals surface area (Å²) in [6.45, 7) is 2.56. The van der Waals surface area contributed by atoms with Gasteiger partial charge in [0, 0.05) is 22.2 Å². The van der Waals surface area contributed by atoms with Gasteiger partial charge in [-0.1, -0.05) is 60.7 Å². The van der Waals surface area contributed by atoms with Crippen LogP contribution in [0.3, 0.4) is 0 Å². The zero-order valence-corrected chi connectivity index (χ0v) is 18.4. The number of benzene rings is 4. The Morgan fingerprint density at radius 1 is 0.788 bits per heavy atom. The largest absolute Gasteiger partial charge is 0.489 e. The Bertz CT molecular complexity index is 1340. The fourth-order valence-corrected chi connectivity index (χ4v) is 3.91. The van der Waals surface area contributed by atoms with Crippen molar-refractivity contribution < 1.29 is 14.6 Å². The van der Waals surface area contributed by atoms with E-state index >= 15 is 0 Å². The van der Waals surface area contributed by atoms with Crippen LogP contribution in [0.5, 0.6) is 17.2 Å². The number of nitrogens with one attached hydrogen (secondary N) is 1. The van der Waals surface area contributed by atoms with Gasteiger partial charge in [-0.05, 0) is 60.5 Å². The van der Waals surface area contributed by atoms with E-state index in [0.29, 0.717) is 6.61 Å². The molecule has 4 aromatic carbocycles. The summed E-state index contributed by atoms with van der Waals surface area (Å²) in [7, 11) is 0. The van der Waals surface area contributed by atoms with Crippen molar-refractivity contribution in [2.24, 2.45) is 0 Å². The summed E-state index contributed by atoms with van der Waals surface area (Å²) in [6, 6.07) is 33.2. The van der Waals surface area contributed by atoms with Crippen LogP contribution in [0, 0.1) is 6.92 Å². The van der Waals surface area contributed by atoms with E-state index in [4.69, 9.17) is 9.47 Å². The third-order valence-corrected chi connectivity index (χ3v) is 5.75. The zero-order valence-electron chi connectivity index (χ0n) is 18.4. The van der Waals surface area contributed by atoms with E-state index in [1.54, 1.807) is 0 Å². The minimum atomic E-state index is -0.767. The first-order chi connectivity index (χ1) is 16.2. The number of aliphatic hydroxyl groups is 1. The molecular formula is C29H25NO3. The molecule has 33 heavy (non-hydrogen) atoms. The molecule has 0 aliphatic rings. The number of aromatic nitrogens is 1. The molecule has 1 aromatic heterocycles. The molecular weight excluding hydrogens is 410 g/mol. The summed E-state index contributed by atoms with van der Waals surface area (Å²) in [5, 5.41) is 12.0. The van der Waals surface area contributed by atoms with Crippen molar-refractivity contribution in [1.29, 1.82) is 0 Å². The molecule has 5 rings (SSSR count). The number of H-pyrrole nitrogens is 1. The molecule has 0 fully saturated rings. The van der Waals surface area contributed by atoms with Crippen molar-refractivity contribution in [3.05, 3.63) is 126 Å². The molecule has 2 N–H and O–H groups in total. The number of aryl methyl sites for hydroxylation is 1. The van der Waals surface area contributed by atoms with E-state index in [0.717, 1.165) is 50.5 Å². The van der Waals surface area contributed by atoms with Crippen LogP contribution in [0.1, 0.15) is 28.5 Å². The van der Waals surface area contributed by atoms with Crippen LogP contribution in [0.2, 0.25) is 0 Å². The number of aromatic amines is 1. The molecule has 1 atom stereocenters. The molecule has 1 unspecified atom stereocenters. The summed E-state index contributed by atoms with van der Waals surface area (Å²) < 4.78 is 11.9. The van der Waals surface area contributed by atoms with Crippen LogP contribution in [-0.2, 0) is 6.61 Å². The lowest BCUT2D eigenvalue weighted by Crippen LogP contribution is -1.99. The average Bonchev–Trinajstić information content (AvgIpc) is 3.30. The second-order valence-electron chi connectivity index (χ2n) is 8.04. The van der Waals surface area contributed by atoms with Gasteiger partial charge in [-0.15, -0.1) is 0 Å². The maximum Gasteiger partial charge on any atom is 0.127 e. The number of aliphatic hydroxyl groups excluding tert-OH is 1. The van der Waals surface area contributed by atoms with Crippen molar-refractivity contribution in [3.8, 4) is 17.2 Å². The molecule has 0 bridgehead atoms. The Morgan fingerprint density at radius 3 is 2.18 bits per heavy atom. The van der Waals surface area contributed by atoms with Gasteiger partial charge in [0.25, 0.3) is 0 Å². The molecule has 5 aromatic rings. The van der Waals surface area contributed by atoms with Gasteiger partial charge < -0.3 is 19.6 Å². The maximum absolute atomic E-state index is 11.0. The number of fused-ring (bicyclic) bond motifs is 1. The Kier molecular flexibility index (Phi) is 5.83. The SMILES string of the molecule is Cc1c(OCc2ccccc2)ccc2[nH]c(C(O)c3ccc(Oc4ccccc4)cc3)cc12. The van der Waals surface area contributed by atoms with Crippen molar-refractivity contribution in [1.82, 2.24) is 4.98 Å². The number of hydrogen-bond acceptors (Lipinski definition) is 3. The van der Waals surface area contributed by atoms with E-state index in [2.05, 4.69) is 17.1 Å². The Labute approximate surface area is 193 Å². The molecule has 0 aliphatic heterocycles. The molecule has 0 amide bonds. The summed E-state index contributed by atoms with van der Waals surface area (Å²) >= 11 is 0. The number of ether oxygens (including phenoxy) is 2. The van der Waals surface area contributed by atoms with Crippen LogP contribution in [0.15, 0.2) is 103 Å². The van der Waals surface area contributed by atoms with E-state index in [-0.39, 0.29) is 0 Å². The van der Waals surface area contributed by atoms with Gasteiger partial charge in [0.2, 0.25) is 0 Å². The normalized spacial score (nSPS) is 11.9. The molecule has 164 valence electrons. The second kappa shape index (κ2) is 9.23. The first kappa shape index (κ1) is 20.9. The second-order valence-corrected chi connectivity index (χ2v) is 8.04. The van der Waals surface area contributed by atoms with Crippen molar-refractivity contribution in [3.63, 3.8) is 0 Å². The Hall–Kier alpha value is -4.02. The van der Waals surface area contributed by atoms with Gasteiger partial charge in [0.05, 0.1) is 0 Å². The lowest BCUT2D eigenvalue weighted by Gasteiger charge is -2.11. The minimum absolute atomic E-state index is 0.518. The summed E-state index contributed by atoms with van der Waals surface area (Å²) in [6.07, 6.45) is -0.767. The summed E-state index contributed by atoms with van der Waals surface area (Å²) in [5.74, 6) is 2.35. The monoisotopic (exact) mass is 435 g/mol. The molecule has 0 radical (unpaired) electrons. The Morgan fingerprint density at radius 2 is 1.45 bits per heavy atom. The number of para-hydroxylation sites is 1. The Balaban J connectivity index is 1.33. The summed E-state index contributed by atoms with van der Waals surface area (Å²) in [4.78, 5) is 3.35. The van der Waals surface area contributed by atoms with Crippen LogP contribution in [0.4, 0.5) is 0 Å². The lowest BCUT2D eigenvalue weighted by atomic mass is 10.1. The van der Waals surface area contributed by atoms with Gasteiger partial charge >= 0.3 is 0 Å². The lowest BCUT2D eigenvalue weighted by molar-refractivity contribution is 0.216. The molecule has 0 saturated heterocycles. The third-order valence-electron chi connectivity index (χ3n) is 5.75. The fourth-order valence-electron chi connectivity index (χ4n) is 3.91. The van der Waals surface area contributed by atoms with Gasteiger partial charge in [-0.2, -0.15) is 0 Å². The quantitative estimate of drug-likeness (QED) is 0.291. The van der Waals surface area contributed by atoms with E-state index in [9.17, 15) is 5.11 Å². The highest BCUT2D eigenvalue weighted by Crippen LogP contribution is 2.32. The standard InChI is InChI=1S/C29H25NO3/c1-20-25-18-27(30-26(25)16-17-28(20)32-19-21-8-4-2-5-9-21)29(31)22-12-14-24(15-13-22)33-23-10-6-3-7-11-23/h2-18,29-31H,19H2,1H3. The van der Waals surface area contributed by atoms with Gasteiger partial charge in [-0.25, -0.2) is 0 Å². The highest BCUT2D eigenvalue weighted by atomic mass is 16.5. The highest BCUT2D eigenvalue weighted by Gasteiger charge is 2.16. The molecule has 0 aliphatic carbocycles. The first-order valence-electron chi connectivity index (χ1n) is 11.0. The molecule has 0 saturated carbocycles. The summed E-state index contributed by atoms with van der Waals surface area (Å²) in [5.41, 5.74) is 4.68. The predicted octanol–water partition coefficient (Wildman–Crippen LogP) is 6.93. The maximum atomic E-state index is 11.0. The smallest absolute Gasteiger partial charge is 0.127 e. The van der Waals surface area contributed by atoms with E-state index in [1.807, 2.05) is 97.9 Å². The zero-order chi connectivity index (χ0) is 22.6. The molecule has 0 spiro atoms. The fraction of sp³-hybridized carbons (Fsp3) is 0.103. The van der Waals surface area contributed by atoms with Crippen LogP contribution < -0.4 is 9.47 Å². The predicted molar refractivity (Wildman–Crippen MR) is 131 cm³/mol. The number of rotatable bonds is 7. The van der Waals surface area contributed by atoms with Crippen LogP contribution in [-0.4, -0.2) is 10.1 Å². The number of hydrogen-bond donors (Lipinski definition) is 2. The van der Waals surface area contributed by atoms with Crippen LogP contribution >= 0.6 is 0 Å². The minimum Gasteiger partial charge on any atom is -0.489 e. The van der Waals surface area contributed by atoms with Crippen LogP contribution in [0.25, 0.3) is 10.9 Å². The molecule has 4 nitrogen and oxygen atoms in total.